The Bertz CT molecular complexity index is 787. The van der Waals surface area contributed by atoms with Gasteiger partial charge >= 0.3 is 11.6 Å². The first kappa shape index (κ1) is 16.8. The Balaban J connectivity index is 2.40. The molecule has 0 radical (unpaired) electrons. The lowest BCUT2D eigenvalue weighted by Gasteiger charge is -2.21. The summed E-state index contributed by atoms with van der Waals surface area (Å²) in [6, 6.07) is 7.05. The first-order chi connectivity index (χ1) is 11.0. The van der Waals surface area contributed by atoms with E-state index in [1.165, 1.54) is 6.07 Å². The molecule has 1 heterocycles. The Hall–Kier alpha value is -2.56. The van der Waals surface area contributed by atoms with Crippen molar-refractivity contribution in [1.82, 2.24) is 0 Å². The van der Waals surface area contributed by atoms with E-state index in [9.17, 15) is 9.59 Å². The molecule has 122 valence electrons. The predicted octanol–water partition coefficient (Wildman–Crippen LogP) is 3.26. The van der Waals surface area contributed by atoms with Crippen LogP contribution < -0.4 is 10.5 Å². The van der Waals surface area contributed by atoms with Crippen molar-refractivity contribution in [2.45, 2.75) is 27.4 Å². The van der Waals surface area contributed by atoms with Crippen LogP contribution in [0.25, 0.3) is 11.0 Å². The van der Waals surface area contributed by atoms with Gasteiger partial charge in [-0.2, -0.15) is 0 Å². The van der Waals surface area contributed by atoms with Crippen molar-refractivity contribution in [2.24, 2.45) is 0 Å². The molecule has 0 unspecified atom stereocenters. The molecule has 0 fully saturated rings. The highest BCUT2D eigenvalue weighted by Gasteiger charge is 2.11. The summed E-state index contributed by atoms with van der Waals surface area (Å²) in [6.45, 7) is 11.0. The SMILES string of the molecule is C=C(C)C(=O)OCc1cc(=O)oc2cc(N(CC)CC)ccc12. The monoisotopic (exact) mass is 315 g/mol. The summed E-state index contributed by atoms with van der Waals surface area (Å²) in [7, 11) is 0. The molecule has 23 heavy (non-hydrogen) atoms. The highest BCUT2D eigenvalue weighted by Crippen LogP contribution is 2.24. The number of rotatable bonds is 6. The number of carbonyl (C=O) groups excluding carboxylic acids is 1. The lowest BCUT2D eigenvalue weighted by molar-refractivity contribution is -0.140. The summed E-state index contributed by atoms with van der Waals surface area (Å²) in [5.74, 6) is -0.480. The smallest absolute Gasteiger partial charge is 0.336 e. The van der Waals surface area contributed by atoms with Crippen LogP contribution in [0.2, 0.25) is 0 Å². The third-order valence-electron chi connectivity index (χ3n) is 3.65. The lowest BCUT2D eigenvalue weighted by atomic mass is 10.1. The summed E-state index contributed by atoms with van der Waals surface area (Å²) in [5, 5.41) is 0.759. The standard InChI is InChI=1S/C18H21NO4/c1-5-19(6-2)14-7-8-15-13(11-22-18(21)12(3)4)9-17(20)23-16(15)10-14/h7-10H,3,5-6,11H2,1-2,4H3. The van der Waals surface area contributed by atoms with Gasteiger partial charge in [-0.25, -0.2) is 9.59 Å². The third-order valence-corrected chi connectivity index (χ3v) is 3.65. The van der Waals surface area contributed by atoms with E-state index in [1.807, 2.05) is 18.2 Å². The van der Waals surface area contributed by atoms with E-state index >= 15 is 0 Å². The van der Waals surface area contributed by atoms with Gasteiger partial charge in [-0.15, -0.1) is 0 Å². The number of hydrogen-bond donors (Lipinski definition) is 0. The number of hydrogen-bond acceptors (Lipinski definition) is 5. The molecule has 0 aliphatic rings. The number of carbonyl (C=O) groups is 1. The molecule has 0 atom stereocenters. The number of fused-ring (bicyclic) bond motifs is 1. The van der Waals surface area contributed by atoms with Crippen LogP contribution in [0.4, 0.5) is 5.69 Å². The zero-order chi connectivity index (χ0) is 17.0. The van der Waals surface area contributed by atoms with Gasteiger partial charge in [0.1, 0.15) is 12.2 Å². The maximum atomic E-state index is 11.8. The van der Waals surface area contributed by atoms with Gasteiger partial charge in [0, 0.05) is 47.4 Å². The molecule has 0 amide bonds. The second-order valence-corrected chi connectivity index (χ2v) is 5.30. The van der Waals surface area contributed by atoms with E-state index < -0.39 is 11.6 Å². The fourth-order valence-electron chi connectivity index (χ4n) is 2.39. The van der Waals surface area contributed by atoms with Gasteiger partial charge < -0.3 is 14.1 Å². The quantitative estimate of drug-likeness (QED) is 0.465. The molecule has 0 spiro atoms. The minimum Gasteiger partial charge on any atom is -0.457 e. The van der Waals surface area contributed by atoms with Gasteiger partial charge in [0.05, 0.1) is 0 Å². The number of ether oxygens (including phenoxy) is 1. The van der Waals surface area contributed by atoms with Crippen molar-refractivity contribution in [3.63, 3.8) is 0 Å². The van der Waals surface area contributed by atoms with Crippen LogP contribution in [0.5, 0.6) is 0 Å². The molecular weight excluding hydrogens is 294 g/mol. The van der Waals surface area contributed by atoms with Gasteiger partial charge in [0.2, 0.25) is 0 Å². The van der Waals surface area contributed by atoms with E-state index in [-0.39, 0.29) is 6.61 Å². The van der Waals surface area contributed by atoms with Gasteiger partial charge in [0.15, 0.2) is 0 Å². The molecule has 0 saturated carbocycles. The van der Waals surface area contributed by atoms with E-state index in [0.717, 1.165) is 24.2 Å². The average Bonchev–Trinajstić information content (AvgIpc) is 2.52. The van der Waals surface area contributed by atoms with Crippen LogP contribution in [0, 0.1) is 0 Å². The predicted molar refractivity (Wildman–Crippen MR) is 90.7 cm³/mol. The van der Waals surface area contributed by atoms with Crippen molar-refractivity contribution in [3.05, 3.63) is 52.4 Å². The number of benzene rings is 1. The van der Waals surface area contributed by atoms with Crippen LogP contribution in [0.1, 0.15) is 26.3 Å². The first-order valence-electron chi connectivity index (χ1n) is 7.60. The minimum absolute atomic E-state index is 0.0123. The van der Waals surface area contributed by atoms with Gasteiger partial charge in [-0.05, 0) is 32.9 Å². The van der Waals surface area contributed by atoms with Crippen molar-refractivity contribution in [3.8, 4) is 0 Å². The highest BCUT2D eigenvalue weighted by molar-refractivity contribution is 5.87. The zero-order valence-electron chi connectivity index (χ0n) is 13.7. The zero-order valence-corrected chi connectivity index (χ0v) is 13.7. The third kappa shape index (κ3) is 3.80. The van der Waals surface area contributed by atoms with E-state index in [0.29, 0.717) is 16.7 Å². The second kappa shape index (κ2) is 7.13. The van der Waals surface area contributed by atoms with Gasteiger partial charge in [-0.3, -0.25) is 0 Å². The maximum Gasteiger partial charge on any atom is 0.336 e. The molecule has 2 rings (SSSR count). The maximum absolute atomic E-state index is 11.8. The van der Waals surface area contributed by atoms with Crippen LogP contribution in [0.3, 0.4) is 0 Å². The molecule has 0 bridgehead atoms. The summed E-state index contributed by atoms with van der Waals surface area (Å²) in [5.41, 5.74) is 1.96. The Morgan fingerprint density at radius 3 is 2.57 bits per heavy atom. The largest absolute Gasteiger partial charge is 0.457 e. The Labute approximate surface area is 135 Å². The molecule has 0 aliphatic carbocycles. The van der Waals surface area contributed by atoms with E-state index in [1.54, 1.807) is 6.92 Å². The minimum atomic E-state index is -0.480. The molecule has 2 aromatic rings. The Kier molecular flexibility index (Phi) is 5.21. The second-order valence-electron chi connectivity index (χ2n) is 5.30. The molecule has 0 saturated heterocycles. The topological polar surface area (TPSA) is 59.8 Å². The van der Waals surface area contributed by atoms with E-state index in [2.05, 4.69) is 25.3 Å². The molecular formula is C18H21NO4. The summed E-state index contributed by atoms with van der Waals surface area (Å²) < 4.78 is 10.4. The summed E-state index contributed by atoms with van der Waals surface area (Å²) in [4.78, 5) is 25.5. The molecule has 5 nitrogen and oxygen atoms in total. The highest BCUT2D eigenvalue weighted by atomic mass is 16.5. The molecule has 1 aromatic carbocycles. The first-order valence-corrected chi connectivity index (χ1v) is 7.60. The van der Waals surface area contributed by atoms with Crippen molar-refractivity contribution < 1.29 is 13.9 Å². The van der Waals surface area contributed by atoms with Crippen LogP contribution in [0.15, 0.2) is 45.6 Å². The molecule has 5 heteroatoms. The molecule has 1 aromatic heterocycles. The van der Waals surface area contributed by atoms with Crippen molar-refractivity contribution in [1.29, 1.82) is 0 Å². The normalized spacial score (nSPS) is 10.6. The van der Waals surface area contributed by atoms with Crippen LogP contribution in [-0.2, 0) is 16.1 Å². The molecule has 0 aliphatic heterocycles. The van der Waals surface area contributed by atoms with Crippen molar-refractivity contribution >= 4 is 22.6 Å². The summed E-state index contributed by atoms with van der Waals surface area (Å²) in [6.07, 6.45) is 0. The van der Waals surface area contributed by atoms with E-state index in [4.69, 9.17) is 9.15 Å². The van der Waals surface area contributed by atoms with Gasteiger partial charge in [0.25, 0.3) is 0 Å². The number of anilines is 1. The van der Waals surface area contributed by atoms with Gasteiger partial charge in [-0.1, -0.05) is 6.58 Å². The fourth-order valence-corrected chi connectivity index (χ4v) is 2.39. The fraction of sp³-hybridized carbons (Fsp3) is 0.333. The van der Waals surface area contributed by atoms with Crippen LogP contribution in [-0.4, -0.2) is 19.1 Å². The number of esters is 1. The van der Waals surface area contributed by atoms with Crippen molar-refractivity contribution in [2.75, 3.05) is 18.0 Å². The Morgan fingerprint density at radius 2 is 1.96 bits per heavy atom. The van der Waals surface area contributed by atoms with Crippen LogP contribution >= 0.6 is 0 Å². The average molecular weight is 315 g/mol. The molecule has 0 N–H and O–H groups in total. The summed E-state index contributed by atoms with van der Waals surface area (Å²) >= 11 is 0. The number of nitrogens with zero attached hydrogens (tertiary/aromatic N) is 1. The lowest BCUT2D eigenvalue weighted by Crippen LogP contribution is -2.21. The Morgan fingerprint density at radius 1 is 1.26 bits per heavy atom.